The highest BCUT2D eigenvalue weighted by molar-refractivity contribution is 7.13. The smallest absolute Gasteiger partial charge is 0.237 e. The van der Waals surface area contributed by atoms with Gasteiger partial charge in [0.1, 0.15) is 5.82 Å². The molecule has 1 aliphatic heterocycles. The minimum Gasteiger partial charge on any atom is -0.337 e. The van der Waals surface area contributed by atoms with E-state index >= 15 is 0 Å². The van der Waals surface area contributed by atoms with Crippen molar-refractivity contribution in [1.29, 1.82) is 0 Å². The SMILES string of the molecule is CCCCCN1C(=O)C(C)(C)c2cc3nc(-c4cccs4)[nH]c3cc21. The first-order chi connectivity index (χ1) is 12.0. The molecule has 4 nitrogen and oxygen atoms in total. The number of anilines is 1. The van der Waals surface area contributed by atoms with Gasteiger partial charge in [0.2, 0.25) is 5.91 Å². The third-order valence-electron chi connectivity index (χ3n) is 5.08. The summed E-state index contributed by atoms with van der Waals surface area (Å²) in [6.07, 6.45) is 3.34. The first kappa shape index (κ1) is 16.3. The number of imidazole rings is 1. The van der Waals surface area contributed by atoms with Gasteiger partial charge in [0.15, 0.2) is 0 Å². The molecule has 0 radical (unpaired) electrons. The summed E-state index contributed by atoms with van der Waals surface area (Å²) in [5, 5.41) is 2.06. The van der Waals surface area contributed by atoms with Crippen molar-refractivity contribution in [3.63, 3.8) is 0 Å². The number of benzene rings is 1. The number of fused-ring (bicyclic) bond motifs is 2. The third kappa shape index (κ3) is 2.58. The van der Waals surface area contributed by atoms with Crippen molar-refractivity contribution in [3.8, 4) is 10.7 Å². The summed E-state index contributed by atoms with van der Waals surface area (Å²) < 4.78 is 0. The Labute approximate surface area is 151 Å². The molecule has 25 heavy (non-hydrogen) atoms. The van der Waals surface area contributed by atoms with Crippen LogP contribution in [0.1, 0.15) is 45.6 Å². The molecule has 3 heterocycles. The van der Waals surface area contributed by atoms with E-state index in [4.69, 9.17) is 4.98 Å². The first-order valence-corrected chi connectivity index (χ1v) is 9.80. The Morgan fingerprint density at radius 2 is 2.12 bits per heavy atom. The molecule has 0 aliphatic carbocycles. The molecule has 130 valence electrons. The fourth-order valence-corrected chi connectivity index (χ4v) is 4.27. The minimum absolute atomic E-state index is 0.199. The maximum atomic E-state index is 12.9. The second-order valence-electron chi connectivity index (χ2n) is 7.24. The quantitative estimate of drug-likeness (QED) is 0.648. The summed E-state index contributed by atoms with van der Waals surface area (Å²) in [7, 11) is 0. The van der Waals surface area contributed by atoms with Gasteiger partial charge < -0.3 is 9.88 Å². The van der Waals surface area contributed by atoms with E-state index in [9.17, 15) is 4.79 Å². The van der Waals surface area contributed by atoms with Crippen LogP contribution in [0.15, 0.2) is 29.6 Å². The topological polar surface area (TPSA) is 49.0 Å². The van der Waals surface area contributed by atoms with E-state index in [0.717, 1.165) is 58.8 Å². The third-order valence-corrected chi connectivity index (χ3v) is 5.96. The average molecular weight is 353 g/mol. The summed E-state index contributed by atoms with van der Waals surface area (Å²) in [6.45, 7) is 7.02. The Morgan fingerprint density at radius 1 is 1.28 bits per heavy atom. The number of rotatable bonds is 5. The maximum Gasteiger partial charge on any atom is 0.237 e. The van der Waals surface area contributed by atoms with Gasteiger partial charge in [-0.05, 0) is 49.4 Å². The van der Waals surface area contributed by atoms with Crippen molar-refractivity contribution >= 4 is 34.0 Å². The number of nitrogens with one attached hydrogen (secondary N) is 1. The van der Waals surface area contributed by atoms with Crippen LogP contribution in [-0.4, -0.2) is 22.4 Å². The predicted octanol–water partition coefficient (Wildman–Crippen LogP) is 5.11. The van der Waals surface area contributed by atoms with Gasteiger partial charge in [-0.1, -0.05) is 25.8 Å². The molecule has 2 aromatic heterocycles. The Hall–Kier alpha value is -2.14. The van der Waals surface area contributed by atoms with Crippen LogP contribution in [0.2, 0.25) is 0 Å². The molecule has 4 rings (SSSR count). The normalized spacial score (nSPS) is 16.0. The summed E-state index contributed by atoms with van der Waals surface area (Å²) in [4.78, 5) is 24.2. The molecule has 1 N–H and O–H groups in total. The van der Waals surface area contributed by atoms with Gasteiger partial charge in [-0.3, -0.25) is 4.79 Å². The van der Waals surface area contributed by atoms with Gasteiger partial charge in [0, 0.05) is 6.54 Å². The van der Waals surface area contributed by atoms with E-state index in [1.165, 1.54) is 0 Å². The van der Waals surface area contributed by atoms with Gasteiger partial charge in [-0.15, -0.1) is 11.3 Å². The van der Waals surface area contributed by atoms with E-state index in [1.54, 1.807) is 11.3 Å². The van der Waals surface area contributed by atoms with Gasteiger partial charge >= 0.3 is 0 Å². The van der Waals surface area contributed by atoms with Crippen molar-refractivity contribution < 1.29 is 4.79 Å². The van der Waals surface area contributed by atoms with Gasteiger partial charge in [0.05, 0.1) is 27.0 Å². The molecule has 0 atom stereocenters. The standard InChI is InChI=1S/C20H23N3OS/c1-4-5-6-9-23-16-12-15-14(11-13(16)20(2,3)19(23)24)21-18(22-15)17-8-7-10-25-17/h7-8,10-12H,4-6,9H2,1-3H3,(H,21,22). The Morgan fingerprint density at radius 3 is 2.84 bits per heavy atom. The van der Waals surface area contributed by atoms with E-state index in [2.05, 4.69) is 35.5 Å². The molecule has 1 amide bonds. The lowest BCUT2D eigenvalue weighted by atomic mass is 9.86. The van der Waals surface area contributed by atoms with Crippen LogP contribution in [0.5, 0.6) is 0 Å². The van der Waals surface area contributed by atoms with Crippen LogP contribution in [0.4, 0.5) is 5.69 Å². The highest BCUT2D eigenvalue weighted by Crippen LogP contribution is 2.43. The highest BCUT2D eigenvalue weighted by Gasteiger charge is 2.43. The van der Waals surface area contributed by atoms with E-state index < -0.39 is 5.41 Å². The molecule has 1 aromatic carbocycles. The second kappa shape index (κ2) is 5.99. The lowest BCUT2D eigenvalue weighted by molar-refractivity contribution is -0.122. The van der Waals surface area contributed by atoms with Crippen LogP contribution in [0.25, 0.3) is 21.7 Å². The molecule has 0 fully saturated rings. The predicted molar refractivity (Wildman–Crippen MR) is 104 cm³/mol. The number of carbonyl (C=O) groups excluding carboxylic acids is 1. The van der Waals surface area contributed by atoms with Crippen molar-refractivity contribution in [2.75, 3.05) is 11.4 Å². The molecule has 5 heteroatoms. The molecular weight excluding hydrogens is 330 g/mol. The first-order valence-electron chi connectivity index (χ1n) is 8.92. The number of amides is 1. The second-order valence-corrected chi connectivity index (χ2v) is 8.19. The van der Waals surface area contributed by atoms with Crippen LogP contribution < -0.4 is 4.90 Å². The molecule has 0 saturated heterocycles. The van der Waals surface area contributed by atoms with Crippen LogP contribution >= 0.6 is 11.3 Å². The largest absolute Gasteiger partial charge is 0.337 e. The average Bonchev–Trinajstić information content (AvgIpc) is 3.28. The number of unbranched alkanes of at least 4 members (excludes halogenated alkanes) is 2. The van der Waals surface area contributed by atoms with Crippen LogP contribution in [0.3, 0.4) is 0 Å². The molecule has 1 aliphatic rings. The van der Waals surface area contributed by atoms with E-state index in [0.29, 0.717) is 0 Å². The summed E-state index contributed by atoms with van der Waals surface area (Å²) >= 11 is 1.68. The zero-order valence-corrected chi connectivity index (χ0v) is 15.7. The number of hydrogen-bond donors (Lipinski definition) is 1. The maximum absolute atomic E-state index is 12.9. The monoisotopic (exact) mass is 353 g/mol. The summed E-state index contributed by atoms with van der Waals surface area (Å²) in [5.74, 6) is 1.10. The van der Waals surface area contributed by atoms with Crippen molar-refractivity contribution in [2.45, 2.75) is 45.4 Å². The van der Waals surface area contributed by atoms with E-state index in [1.807, 2.05) is 24.8 Å². The zero-order valence-electron chi connectivity index (χ0n) is 14.9. The fraction of sp³-hybridized carbons (Fsp3) is 0.400. The zero-order chi connectivity index (χ0) is 17.6. The lowest BCUT2D eigenvalue weighted by Gasteiger charge is -2.20. The summed E-state index contributed by atoms with van der Waals surface area (Å²) in [6, 6.07) is 8.30. The number of hydrogen-bond acceptors (Lipinski definition) is 3. The number of carbonyl (C=O) groups is 1. The Balaban J connectivity index is 1.79. The molecular formula is C20H23N3OS. The number of thiophene rings is 1. The minimum atomic E-state index is -0.488. The molecule has 0 unspecified atom stereocenters. The lowest BCUT2D eigenvalue weighted by Crippen LogP contribution is -2.36. The molecule has 0 bridgehead atoms. The van der Waals surface area contributed by atoms with Crippen LogP contribution in [0, 0.1) is 0 Å². The number of aromatic nitrogens is 2. The Bertz CT molecular complexity index is 924. The van der Waals surface area contributed by atoms with Crippen molar-refractivity contribution in [2.24, 2.45) is 0 Å². The van der Waals surface area contributed by atoms with E-state index in [-0.39, 0.29) is 5.91 Å². The van der Waals surface area contributed by atoms with Crippen molar-refractivity contribution in [1.82, 2.24) is 9.97 Å². The molecule has 0 spiro atoms. The highest BCUT2D eigenvalue weighted by atomic mass is 32.1. The number of nitrogens with zero attached hydrogens (tertiary/aromatic N) is 2. The molecule has 3 aromatic rings. The fourth-order valence-electron chi connectivity index (χ4n) is 3.60. The summed E-state index contributed by atoms with van der Waals surface area (Å²) in [5.41, 5.74) is 3.56. The van der Waals surface area contributed by atoms with Gasteiger partial charge in [-0.2, -0.15) is 0 Å². The van der Waals surface area contributed by atoms with Gasteiger partial charge in [0.25, 0.3) is 0 Å². The van der Waals surface area contributed by atoms with Crippen LogP contribution in [-0.2, 0) is 10.2 Å². The van der Waals surface area contributed by atoms with Gasteiger partial charge in [-0.25, -0.2) is 4.98 Å². The Kier molecular flexibility index (Phi) is 3.91. The number of H-pyrrole nitrogens is 1. The van der Waals surface area contributed by atoms with Crippen molar-refractivity contribution in [3.05, 3.63) is 35.2 Å². The molecule has 0 saturated carbocycles. The number of aromatic amines is 1.